The lowest BCUT2D eigenvalue weighted by Crippen LogP contribution is -2.20. The summed E-state index contributed by atoms with van der Waals surface area (Å²) in [6, 6.07) is 5.19. The Hall–Kier alpha value is -1.37. The number of nitrogens with zero attached hydrogens (tertiary/aromatic N) is 1. The predicted octanol–water partition coefficient (Wildman–Crippen LogP) is 1.98. The Morgan fingerprint density at radius 3 is 2.94 bits per heavy atom. The van der Waals surface area contributed by atoms with Crippen molar-refractivity contribution in [3.8, 4) is 11.8 Å². The molecule has 2 nitrogen and oxygen atoms in total. The lowest BCUT2D eigenvalue weighted by molar-refractivity contribution is 0.315. The second-order valence-electron chi connectivity index (χ2n) is 4.94. The van der Waals surface area contributed by atoms with Gasteiger partial charge in [0.15, 0.2) is 0 Å². The third kappa shape index (κ3) is 3.32. The van der Waals surface area contributed by atoms with E-state index in [2.05, 4.69) is 23.7 Å². The van der Waals surface area contributed by atoms with Crippen LogP contribution in [0.25, 0.3) is 0 Å². The Morgan fingerprint density at radius 1 is 1.50 bits per heavy atom. The van der Waals surface area contributed by atoms with Crippen molar-refractivity contribution in [3.05, 3.63) is 35.1 Å². The van der Waals surface area contributed by atoms with Gasteiger partial charge in [-0.25, -0.2) is 4.39 Å². The van der Waals surface area contributed by atoms with Crippen LogP contribution in [0.1, 0.15) is 24.5 Å². The van der Waals surface area contributed by atoms with Gasteiger partial charge in [-0.15, -0.1) is 0 Å². The van der Waals surface area contributed by atoms with Crippen molar-refractivity contribution in [1.82, 2.24) is 4.90 Å². The van der Waals surface area contributed by atoms with E-state index in [1.807, 2.05) is 12.1 Å². The predicted molar refractivity (Wildman–Crippen MR) is 71.4 cm³/mol. The van der Waals surface area contributed by atoms with Crippen molar-refractivity contribution in [2.24, 2.45) is 11.7 Å². The summed E-state index contributed by atoms with van der Waals surface area (Å²) in [7, 11) is 0. The van der Waals surface area contributed by atoms with Gasteiger partial charge in [0, 0.05) is 24.2 Å². The van der Waals surface area contributed by atoms with Crippen LogP contribution in [-0.4, -0.2) is 24.5 Å². The first-order valence-electron chi connectivity index (χ1n) is 6.38. The molecule has 2 N–H and O–H groups in total. The van der Waals surface area contributed by atoms with Crippen LogP contribution >= 0.6 is 0 Å². The molecule has 18 heavy (non-hydrogen) atoms. The summed E-state index contributed by atoms with van der Waals surface area (Å²) in [5.41, 5.74) is 6.74. The van der Waals surface area contributed by atoms with Crippen molar-refractivity contribution in [2.75, 3.05) is 19.6 Å². The Balaban J connectivity index is 2.05. The molecule has 0 aliphatic carbocycles. The summed E-state index contributed by atoms with van der Waals surface area (Å²) in [6.07, 6.45) is 1.21. The molecule has 0 amide bonds. The number of benzene rings is 1. The fourth-order valence-electron chi connectivity index (χ4n) is 2.32. The van der Waals surface area contributed by atoms with Gasteiger partial charge in [-0.3, -0.25) is 4.90 Å². The zero-order valence-electron chi connectivity index (χ0n) is 10.7. The quantitative estimate of drug-likeness (QED) is 0.808. The van der Waals surface area contributed by atoms with Crippen LogP contribution in [0.4, 0.5) is 4.39 Å². The van der Waals surface area contributed by atoms with Crippen molar-refractivity contribution in [1.29, 1.82) is 0 Å². The molecule has 1 aliphatic rings. The van der Waals surface area contributed by atoms with Crippen LogP contribution in [0, 0.1) is 23.6 Å². The maximum absolute atomic E-state index is 13.9. The maximum atomic E-state index is 13.9. The molecule has 1 aromatic carbocycles. The Bertz CT molecular complexity index is 473. The Kier molecular flexibility index (Phi) is 4.35. The molecular weight excluding hydrogens is 227 g/mol. The normalized spacial score (nSPS) is 19.6. The number of hydrogen-bond donors (Lipinski definition) is 1. The molecule has 1 atom stereocenters. The van der Waals surface area contributed by atoms with E-state index in [1.165, 1.54) is 12.5 Å². The molecule has 1 aliphatic heterocycles. The molecule has 3 heteroatoms. The minimum Gasteiger partial charge on any atom is -0.320 e. The summed E-state index contributed by atoms with van der Waals surface area (Å²) in [5.74, 6) is 6.13. The van der Waals surface area contributed by atoms with Crippen molar-refractivity contribution in [3.63, 3.8) is 0 Å². The maximum Gasteiger partial charge on any atom is 0.128 e. The molecule has 0 bridgehead atoms. The van der Waals surface area contributed by atoms with Gasteiger partial charge in [0.25, 0.3) is 0 Å². The van der Waals surface area contributed by atoms with Crippen LogP contribution in [0.3, 0.4) is 0 Å². The number of halogens is 1. The summed E-state index contributed by atoms with van der Waals surface area (Å²) in [4.78, 5) is 2.30. The molecule has 1 saturated heterocycles. The van der Waals surface area contributed by atoms with Gasteiger partial charge in [-0.05, 0) is 31.0 Å². The third-order valence-electron chi connectivity index (χ3n) is 3.29. The lowest BCUT2D eigenvalue weighted by atomic mass is 10.1. The van der Waals surface area contributed by atoms with Crippen LogP contribution in [0.15, 0.2) is 18.2 Å². The highest BCUT2D eigenvalue weighted by atomic mass is 19.1. The first-order valence-corrected chi connectivity index (χ1v) is 6.38. The van der Waals surface area contributed by atoms with Crippen molar-refractivity contribution < 1.29 is 4.39 Å². The molecule has 96 valence electrons. The van der Waals surface area contributed by atoms with Gasteiger partial charge in [0.1, 0.15) is 5.82 Å². The largest absolute Gasteiger partial charge is 0.320 e. The second kappa shape index (κ2) is 5.99. The molecule has 1 heterocycles. The molecule has 0 aromatic heterocycles. The van der Waals surface area contributed by atoms with E-state index in [0.717, 1.165) is 24.6 Å². The molecular formula is C15H19FN2. The fraction of sp³-hybridized carbons (Fsp3) is 0.467. The lowest BCUT2D eigenvalue weighted by Gasteiger charge is -2.15. The highest BCUT2D eigenvalue weighted by Crippen LogP contribution is 2.19. The molecule has 1 fully saturated rings. The zero-order valence-corrected chi connectivity index (χ0v) is 10.7. The Morgan fingerprint density at radius 2 is 2.33 bits per heavy atom. The smallest absolute Gasteiger partial charge is 0.128 e. The van der Waals surface area contributed by atoms with E-state index in [1.54, 1.807) is 0 Å². The minimum atomic E-state index is -0.168. The van der Waals surface area contributed by atoms with E-state index < -0.39 is 0 Å². The van der Waals surface area contributed by atoms with Crippen LogP contribution in [-0.2, 0) is 6.54 Å². The topological polar surface area (TPSA) is 29.3 Å². The summed E-state index contributed by atoms with van der Waals surface area (Å²) in [5, 5.41) is 0. The number of rotatable bonds is 2. The van der Waals surface area contributed by atoms with Crippen molar-refractivity contribution in [2.45, 2.75) is 19.9 Å². The summed E-state index contributed by atoms with van der Waals surface area (Å²) < 4.78 is 13.9. The first kappa shape index (κ1) is 13.1. The molecule has 2 rings (SSSR count). The average Bonchev–Trinajstić information content (AvgIpc) is 2.75. The highest BCUT2D eigenvalue weighted by Gasteiger charge is 2.19. The molecule has 1 unspecified atom stereocenters. The molecule has 1 aromatic rings. The van der Waals surface area contributed by atoms with E-state index >= 15 is 0 Å². The molecule has 0 spiro atoms. The summed E-state index contributed by atoms with van der Waals surface area (Å²) >= 11 is 0. The van der Waals surface area contributed by atoms with Crippen LogP contribution < -0.4 is 5.73 Å². The number of nitrogens with two attached hydrogens (primary N) is 1. The van der Waals surface area contributed by atoms with Gasteiger partial charge < -0.3 is 5.73 Å². The van der Waals surface area contributed by atoms with E-state index in [9.17, 15) is 4.39 Å². The van der Waals surface area contributed by atoms with E-state index in [0.29, 0.717) is 18.7 Å². The van der Waals surface area contributed by atoms with Crippen LogP contribution in [0.2, 0.25) is 0 Å². The SMILES string of the molecule is CC1CCN(Cc2ccc(C#CCN)cc2F)C1. The standard InChI is InChI=1S/C15H19FN2/c1-12-6-8-18(10-12)11-14-5-4-13(3-2-7-17)9-15(14)16/h4-5,9,12H,6-8,10-11,17H2,1H3. The molecule has 0 radical (unpaired) electrons. The van der Waals surface area contributed by atoms with Gasteiger partial charge >= 0.3 is 0 Å². The average molecular weight is 246 g/mol. The first-order chi connectivity index (χ1) is 8.69. The van der Waals surface area contributed by atoms with Gasteiger partial charge in [0.2, 0.25) is 0 Å². The summed E-state index contributed by atoms with van der Waals surface area (Å²) in [6.45, 7) is 5.36. The molecule has 0 saturated carbocycles. The van der Waals surface area contributed by atoms with Gasteiger partial charge in [0.05, 0.1) is 6.54 Å². The monoisotopic (exact) mass is 246 g/mol. The zero-order chi connectivity index (χ0) is 13.0. The van der Waals surface area contributed by atoms with Gasteiger partial charge in [-0.2, -0.15) is 0 Å². The van der Waals surface area contributed by atoms with Crippen LogP contribution in [0.5, 0.6) is 0 Å². The number of hydrogen-bond acceptors (Lipinski definition) is 2. The minimum absolute atomic E-state index is 0.168. The highest BCUT2D eigenvalue weighted by molar-refractivity contribution is 5.37. The number of likely N-dealkylation sites (tertiary alicyclic amines) is 1. The fourth-order valence-corrected chi connectivity index (χ4v) is 2.32. The van der Waals surface area contributed by atoms with Crippen molar-refractivity contribution >= 4 is 0 Å². The second-order valence-corrected chi connectivity index (χ2v) is 4.94. The third-order valence-corrected chi connectivity index (χ3v) is 3.29. The van der Waals surface area contributed by atoms with Gasteiger partial charge in [-0.1, -0.05) is 24.8 Å². The van der Waals surface area contributed by atoms with E-state index in [-0.39, 0.29) is 5.82 Å². The van der Waals surface area contributed by atoms with E-state index in [4.69, 9.17) is 5.73 Å². The Labute approximate surface area is 108 Å².